The van der Waals surface area contributed by atoms with E-state index >= 15 is 0 Å². The predicted molar refractivity (Wildman–Crippen MR) is 195 cm³/mol. The molecule has 0 aliphatic rings. The van der Waals surface area contributed by atoms with E-state index in [1.54, 1.807) is 11.3 Å². The summed E-state index contributed by atoms with van der Waals surface area (Å²) in [4.78, 5) is 20.2. The van der Waals surface area contributed by atoms with Crippen molar-refractivity contribution in [3.8, 4) is 55.9 Å². The van der Waals surface area contributed by atoms with Crippen molar-refractivity contribution in [3.63, 3.8) is 0 Å². The van der Waals surface area contributed by atoms with Gasteiger partial charge in [-0.2, -0.15) is 0 Å². The topological polar surface area (TPSA) is 51.6 Å². The van der Waals surface area contributed by atoms with Crippen LogP contribution < -0.4 is 0 Å². The second-order valence-corrected chi connectivity index (χ2v) is 12.5. The summed E-state index contributed by atoms with van der Waals surface area (Å²) in [6.07, 6.45) is 0. The summed E-state index contributed by atoms with van der Waals surface area (Å²) in [5.74, 6) is 1.89. The van der Waals surface area contributed by atoms with Crippen LogP contribution in [-0.4, -0.2) is 19.9 Å². The van der Waals surface area contributed by atoms with Gasteiger partial charge in [0.05, 0.1) is 10.2 Å². The zero-order valence-electron chi connectivity index (χ0n) is 25.2. The van der Waals surface area contributed by atoms with Gasteiger partial charge in [0, 0.05) is 22.3 Å². The van der Waals surface area contributed by atoms with Crippen LogP contribution in [0.25, 0.3) is 87.6 Å². The standard InChI is InChI=1S/C42H26N4S/c1-3-12-27(13-4-1)29-17-11-18-31(24-29)40-44-39(28-14-5-2-6-15-28)45-41(46-40)32-22-23-38-37(26-32)43-42(47-38)36-25-30-16-7-8-19-33(30)34-20-9-10-21-35(34)36/h1-26H. The van der Waals surface area contributed by atoms with E-state index in [-0.39, 0.29) is 0 Å². The monoisotopic (exact) mass is 618 g/mol. The van der Waals surface area contributed by atoms with Gasteiger partial charge in [-0.15, -0.1) is 11.3 Å². The van der Waals surface area contributed by atoms with E-state index in [0.29, 0.717) is 17.5 Å². The van der Waals surface area contributed by atoms with Crippen molar-refractivity contribution in [2.45, 2.75) is 0 Å². The first-order valence-corrected chi connectivity index (χ1v) is 16.4. The molecule has 2 heterocycles. The molecular weight excluding hydrogens is 593 g/mol. The van der Waals surface area contributed by atoms with E-state index in [1.807, 2.05) is 36.4 Å². The first-order chi connectivity index (χ1) is 23.3. The molecule has 0 fully saturated rings. The highest BCUT2D eigenvalue weighted by Gasteiger charge is 2.16. The molecule has 0 spiro atoms. The van der Waals surface area contributed by atoms with Crippen LogP contribution in [0.2, 0.25) is 0 Å². The summed E-state index contributed by atoms with van der Waals surface area (Å²) >= 11 is 1.71. The SMILES string of the molecule is c1ccc(-c2cccc(-c3nc(-c4ccccc4)nc(-c4ccc5sc(-c6cc7ccccc7c7ccccc67)nc5c4)n3)c2)cc1. The van der Waals surface area contributed by atoms with Crippen LogP contribution in [0.5, 0.6) is 0 Å². The number of thiazole rings is 1. The molecule has 0 unspecified atom stereocenters. The minimum absolute atomic E-state index is 0.617. The third-order valence-electron chi connectivity index (χ3n) is 8.54. The molecule has 0 amide bonds. The van der Waals surface area contributed by atoms with Gasteiger partial charge in [-0.3, -0.25) is 0 Å². The number of hydrogen-bond donors (Lipinski definition) is 0. The van der Waals surface area contributed by atoms with Crippen molar-refractivity contribution in [2.75, 3.05) is 0 Å². The zero-order chi connectivity index (χ0) is 31.2. The van der Waals surface area contributed by atoms with Crippen LogP contribution in [0.4, 0.5) is 0 Å². The second kappa shape index (κ2) is 11.4. The molecule has 0 aliphatic heterocycles. The molecule has 4 nitrogen and oxygen atoms in total. The molecule has 0 saturated heterocycles. The first-order valence-electron chi connectivity index (χ1n) is 15.6. The van der Waals surface area contributed by atoms with Crippen LogP contribution in [0.3, 0.4) is 0 Å². The van der Waals surface area contributed by atoms with Crippen molar-refractivity contribution >= 4 is 43.1 Å². The van der Waals surface area contributed by atoms with Crippen molar-refractivity contribution < 1.29 is 0 Å². The van der Waals surface area contributed by atoms with E-state index in [0.717, 1.165) is 48.6 Å². The number of nitrogens with zero attached hydrogens (tertiary/aromatic N) is 4. The van der Waals surface area contributed by atoms with Gasteiger partial charge in [-0.1, -0.05) is 127 Å². The van der Waals surface area contributed by atoms with Crippen LogP contribution >= 0.6 is 11.3 Å². The van der Waals surface area contributed by atoms with Gasteiger partial charge in [0.25, 0.3) is 0 Å². The lowest BCUT2D eigenvalue weighted by Crippen LogP contribution is -2.00. The largest absolute Gasteiger partial charge is 0.236 e. The van der Waals surface area contributed by atoms with E-state index in [4.69, 9.17) is 19.9 Å². The van der Waals surface area contributed by atoms with E-state index in [9.17, 15) is 0 Å². The maximum Gasteiger partial charge on any atom is 0.164 e. The molecule has 0 N–H and O–H groups in total. The zero-order valence-corrected chi connectivity index (χ0v) is 26.0. The van der Waals surface area contributed by atoms with Gasteiger partial charge in [0.1, 0.15) is 5.01 Å². The summed E-state index contributed by atoms with van der Waals surface area (Å²) in [6.45, 7) is 0. The molecule has 47 heavy (non-hydrogen) atoms. The molecule has 2 aromatic heterocycles. The number of rotatable bonds is 5. The van der Waals surface area contributed by atoms with Gasteiger partial charge in [0.2, 0.25) is 0 Å². The van der Waals surface area contributed by atoms with Crippen molar-refractivity contribution in [1.29, 1.82) is 0 Å². The molecule has 220 valence electrons. The molecular formula is C42H26N4S. The first kappa shape index (κ1) is 27.3. The Labute approximate surface area is 275 Å². The van der Waals surface area contributed by atoms with Gasteiger partial charge in [0.15, 0.2) is 17.5 Å². The number of fused-ring (bicyclic) bond motifs is 4. The smallest absolute Gasteiger partial charge is 0.164 e. The Bertz CT molecular complexity index is 2580. The fourth-order valence-electron chi connectivity index (χ4n) is 6.23. The summed E-state index contributed by atoms with van der Waals surface area (Å²) in [6, 6.07) is 54.6. The molecule has 0 radical (unpaired) electrons. The van der Waals surface area contributed by atoms with Crippen LogP contribution in [0, 0.1) is 0 Å². The van der Waals surface area contributed by atoms with E-state index in [1.165, 1.54) is 21.5 Å². The highest BCUT2D eigenvalue weighted by Crippen LogP contribution is 2.39. The minimum atomic E-state index is 0.617. The van der Waals surface area contributed by atoms with E-state index in [2.05, 4.69) is 121 Å². The predicted octanol–water partition coefficient (Wildman–Crippen LogP) is 11.1. The molecule has 0 bridgehead atoms. The Morgan fingerprint density at radius 3 is 1.70 bits per heavy atom. The highest BCUT2D eigenvalue weighted by molar-refractivity contribution is 7.21. The van der Waals surface area contributed by atoms with Gasteiger partial charge in [-0.25, -0.2) is 19.9 Å². The molecule has 0 saturated carbocycles. The molecule has 0 aliphatic carbocycles. The summed E-state index contributed by atoms with van der Waals surface area (Å²) in [5.41, 5.74) is 7.12. The minimum Gasteiger partial charge on any atom is -0.236 e. The third kappa shape index (κ3) is 5.03. The van der Waals surface area contributed by atoms with Gasteiger partial charge >= 0.3 is 0 Å². The van der Waals surface area contributed by atoms with Crippen molar-refractivity contribution in [3.05, 3.63) is 158 Å². The molecule has 7 aromatic carbocycles. The maximum atomic E-state index is 5.18. The Morgan fingerprint density at radius 1 is 0.362 bits per heavy atom. The van der Waals surface area contributed by atoms with Crippen LogP contribution in [-0.2, 0) is 0 Å². The Balaban J connectivity index is 1.18. The number of aromatic nitrogens is 4. The fourth-order valence-corrected chi connectivity index (χ4v) is 7.21. The quantitative estimate of drug-likeness (QED) is 0.180. The third-order valence-corrected chi connectivity index (χ3v) is 9.61. The summed E-state index contributed by atoms with van der Waals surface area (Å²) in [5, 5.41) is 5.91. The average molecular weight is 619 g/mol. The van der Waals surface area contributed by atoms with Crippen molar-refractivity contribution in [1.82, 2.24) is 19.9 Å². The number of benzene rings is 7. The van der Waals surface area contributed by atoms with Crippen LogP contribution in [0.1, 0.15) is 0 Å². The average Bonchev–Trinajstić information content (AvgIpc) is 3.59. The Hall–Kier alpha value is -6.04. The van der Waals surface area contributed by atoms with Gasteiger partial charge in [-0.05, 0) is 63.0 Å². The summed E-state index contributed by atoms with van der Waals surface area (Å²) in [7, 11) is 0. The van der Waals surface area contributed by atoms with Crippen LogP contribution in [0.15, 0.2) is 158 Å². The Kier molecular flexibility index (Phi) is 6.61. The summed E-state index contributed by atoms with van der Waals surface area (Å²) < 4.78 is 1.12. The maximum absolute atomic E-state index is 5.18. The van der Waals surface area contributed by atoms with E-state index < -0.39 is 0 Å². The lowest BCUT2D eigenvalue weighted by Gasteiger charge is -2.09. The lowest BCUT2D eigenvalue weighted by molar-refractivity contribution is 1.07. The molecule has 9 aromatic rings. The number of hydrogen-bond acceptors (Lipinski definition) is 5. The van der Waals surface area contributed by atoms with Crippen molar-refractivity contribution in [2.24, 2.45) is 0 Å². The molecule has 9 rings (SSSR count). The lowest BCUT2D eigenvalue weighted by atomic mass is 9.97. The molecule has 5 heteroatoms. The normalized spacial score (nSPS) is 11.4. The second-order valence-electron chi connectivity index (χ2n) is 11.5. The van der Waals surface area contributed by atoms with Gasteiger partial charge < -0.3 is 0 Å². The molecule has 0 atom stereocenters. The fraction of sp³-hybridized carbons (Fsp3) is 0. The highest BCUT2D eigenvalue weighted by atomic mass is 32.1. The Morgan fingerprint density at radius 2 is 0.936 bits per heavy atom.